The molecule has 4 rings (SSSR count). The predicted octanol–water partition coefficient (Wildman–Crippen LogP) is 1.47. The summed E-state index contributed by atoms with van der Waals surface area (Å²) < 4.78 is 18.3. The van der Waals surface area contributed by atoms with E-state index in [-0.39, 0.29) is 16.7 Å². The second-order valence-corrected chi connectivity index (χ2v) is 12.4. The summed E-state index contributed by atoms with van der Waals surface area (Å²) in [6.07, 6.45) is 2.76. The lowest BCUT2D eigenvalue weighted by Crippen LogP contribution is -2.70. The number of thioether (sulfide) groups is 1. The Labute approximate surface area is 241 Å². The van der Waals surface area contributed by atoms with Gasteiger partial charge in [0.25, 0.3) is 11.8 Å². The number of hydrogen-bond donors (Lipinski definition) is 3. The Morgan fingerprint density at radius 2 is 2.23 bits per heavy atom. The maximum Gasteiger partial charge on any atom is 0.352 e. The number of carbonyl (C=O) groups is 3. The molecule has 0 radical (unpaired) electrons. The number of carboxylic acids is 1. The number of likely N-dealkylation sites (N-methyl/N-ethyl adjacent to an activating group) is 1. The van der Waals surface area contributed by atoms with Gasteiger partial charge in [0.05, 0.1) is 36.7 Å². The average molecular weight is 612 g/mol. The minimum Gasteiger partial charge on any atom is -0.477 e. The second kappa shape index (κ2) is 12.4. The molecule has 2 aliphatic rings. The normalized spacial score (nSPS) is 20.1. The summed E-state index contributed by atoms with van der Waals surface area (Å²) >= 11 is 3.80. The van der Waals surface area contributed by atoms with Gasteiger partial charge in [-0.05, 0) is 18.6 Å². The van der Waals surface area contributed by atoms with Crippen LogP contribution in [-0.4, -0.2) is 97.2 Å². The molecular formula is C23H28FN8O5S3+. The summed E-state index contributed by atoms with van der Waals surface area (Å²) in [5, 5.41) is 15.3. The van der Waals surface area contributed by atoms with Crippen LogP contribution in [0.15, 0.2) is 34.1 Å². The molecule has 1 unspecified atom stereocenters. The SMILES string of the molecule is Cc1ncsc1C[N+](C)(C)C/C=C/C1=C(C(=O)O)N2C(=O)[C@@H](NC(=O)/C=N\OCC(F)c3nsc(N)n3)[C@@H]2SC1. The number of halogens is 1. The number of carboxylic acid groups (broad SMARTS) is 1. The summed E-state index contributed by atoms with van der Waals surface area (Å²) in [6, 6.07) is -0.932. The maximum atomic E-state index is 14.0. The number of nitrogens with zero attached hydrogens (tertiary/aromatic N) is 6. The van der Waals surface area contributed by atoms with Gasteiger partial charge >= 0.3 is 5.97 Å². The number of alkyl halides is 1. The number of anilines is 1. The van der Waals surface area contributed by atoms with Crippen molar-refractivity contribution in [3.63, 3.8) is 0 Å². The molecule has 13 nitrogen and oxygen atoms in total. The third-order valence-corrected chi connectivity index (χ3v) is 8.81. The van der Waals surface area contributed by atoms with Crippen LogP contribution in [0.2, 0.25) is 0 Å². The number of aryl methyl sites for hydroxylation is 1. The molecule has 0 saturated carbocycles. The van der Waals surface area contributed by atoms with E-state index in [2.05, 4.69) is 38.9 Å². The third-order valence-electron chi connectivity index (χ3n) is 6.04. The van der Waals surface area contributed by atoms with Gasteiger partial charge in [0.1, 0.15) is 29.9 Å². The topological polar surface area (TPSA) is 173 Å². The lowest BCUT2D eigenvalue weighted by Gasteiger charge is -2.49. The number of allylic oxidation sites excluding steroid dienone is 1. The first-order chi connectivity index (χ1) is 19.0. The fourth-order valence-corrected chi connectivity index (χ4v) is 6.80. The standard InChI is InChI=1S/C23H27FN8O5S3/c1-12-15(39-11-26-12)8-32(2,3)6-4-5-13-10-38-21-17(20(34)31(21)18(13)22(35)36)28-16(33)7-27-37-9-14(24)19-29-23(25)40-30-19/h4-5,7,11,14,17,21H,6,8-10H2,1-3H3,(H3-,25,28,29,30,33,35,36)/p+1/b5-4+,27-7-/t14?,17-,21+/m1/s1. The molecule has 0 bridgehead atoms. The van der Waals surface area contributed by atoms with E-state index in [1.54, 1.807) is 17.4 Å². The zero-order valence-corrected chi connectivity index (χ0v) is 24.3. The first-order valence-corrected chi connectivity index (χ1v) is 14.6. The van der Waals surface area contributed by atoms with E-state index < -0.39 is 42.0 Å². The van der Waals surface area contributed by atoms with Crippen molar-refractivity contribution in [2.24, 2.45) is 5.16 Å². The van der Waals surface area contributed by atoms with Crippen molar-refractivity contribution in [3.8, 4) is 0 Å². The number of nitrogens with one attached hydrogen (secondary N) is 1. The number of nitrogen functional groups attached to an aromatic ring is 1. The van der Waals surface area contributed by atoms with Crippen molar-refractivity contribution < 1.29 is 33.2 Å². The van der Waals surface area contributed by atoms with Crippen molar-refractivity contribution in [2.75, 3.05) is 38.7 Å². The van der Waals surface area contributed by atoms with Crippen LogP contribution in [-0.2, 0) is 25.8 Å². The number of hydrogen-bond acceptors (Lipinski definition) is 12. The molecule has 4 heterocycles. The van der Waals surface area contributed by atoms with Crippen LogP contribution in [0, 0.1) is 6.92 Å². The summed E-state index contributed by atoms with van der Waals surface area (Å²) in [4.78, 5) is 52.3. The second-order valence-electron chi connectivity index (χ2n) is 9.60. The molecule has 0 aliphatic carbocycles. The number of nitrogens with two attached hydrogens (primary N) is 1. The van der Waals surface area contributed by atoms with Gasteiger partial charge in [0.15, 0.2) is 23.7 Å². The Morgan fingerprint density at radius 3 is 2.88 bits per heavy atom. The van der Waals surface area contributed by atoms with Crippen LogP contribution in [0.25, 0.3) is 0 Å². The molecule has 214 valence electrons. The van der Waals surface area contributed by atoms with Crippen LogP contribution in [0.1, 0.15) is 22.6 Å². The van der Waals surface area contributed by atoms with Crippen molar-refractivity contribution >= 4 is 63.8 Å². The largest absolute Gasteiger partial charge is 0.477 e. The molecule has 40 heavy (non-hydrogen) atoms. The molecular weight excluding hydrogens is 584 g/mol. The molecule has 4 N–H and O–H groups in total. The van der Waals surface area contributed by atoms with Crippen molar-refractivity contribution in [1.29, 1.82) is 0 Å². The van der Waals surface area contributed by atoms with Crippen LogP contribution in [0.4, 0.5) is 9.52 Å². The monoisotopic (exact) mass is 611 g/mol. The number of carbonyl (C=O) groups excluding carboxylic acids is 2. The molecule has 0 aromatic carbocycles. The highest BCUT2D eigenvalue weighted by Gasteiger charge is 2.53. The highest BCUT2D eigenvalue weighted by molar-refractivity contribution is 8.00. The first-order valence-electron chi connectivity index (χ1n) is 11.9. The quantitative estimate of drug-likeness (QED) is 0.138. The van der Waals surface area contributed by atoms with Crippen LogP contribution < -0.4 is 11.1 Å². The lowest BCUT2D eigenvalue weighted by molar-refractivity contribution is -0.897. The van der Waals surface area contributed by atoms with Gasteiger partial charge in [-0.25, -0.2) is 19.2 Å². The molecule has 2 aromatic rings. The van der Waals surface area contributed by atoms with E-state index in [0.717, 1.165) is 30.0 Å². The lowest BCUT2D eigenvalue weighted by atomic mass is 10.0. The van der Waals surface area contributed by atoms with Crippen LogP contribution in [0.5, 0.6) is 0 Å². The summed E-state index contributed by atoms with van der Waals surface area (Å²) in [7, 11) is 4.15. The van der Waals surface area contributed by atoms with Gasteiger partial charge in [-0.1, -0.05) is 11.2 Å². The number of oxime groups is 1. The number of fused-ring (bicyclic) bond motifs is 1. The Morgan fingerprint density at radius 1 is 1.45 bits per heavy atom. The van der Waals surface area contributed by atoms with Gasteiger partial charge in [-0.2, -0.15) is 4.37 Å². The Kier molecular flexibility index (Phi) is 9.17. The zero-order valence-electron chi connectivity index (χ0n) is 21.8. The zero-order chi connectivity index (χ0) is 29.0. The number of amides is 2. The molecule has 1 saturated heterocycles. The number of aromatic nitrogens is 3. The Hall–Kier alpha value is -3.41. The number of aliphatic carboxylic acids is 1. The highest BCUT2D eigenvalue weighted by Crippen LogP contribution is 2.40. The molecule has 17 heteroatoms. The molecule has 0 spiro atoms. The van der Waals surface area contributed by atoms with Gasteiger partial charge in [-0.3, -0.25) is 14.5 Å². The van der Waals surface area contributed by atoms with Crippen molar-refractivity contribution in [2.45, 2.75) is 31.1 Å². The fourth-order valence-electron chi connectivity index (χ4n) is 4.02. The predicted molar refractivity (Wildman–Crippen MR) is 149 cm³/mol. The van der Waals surface area contributed by atoms with E-state index >= 15 is 0 Å². The number of β-lactam (4-membered cyclic amide) rings is 1. The molecule has 1 fully saturated rings. The smallest absolute Gasteiger partial charge is 0.352 e. The average Bonchev–Trinajstić information content (AvgIpc) is 3.51. The highest BCUT2D eigenvalue weighted by atomic mass is 32.2. The Balaban J connectivity index is 1.31. The first kappa shape index (κ1) is 29.6. The van der Waals surface area contributed by atoms with Gasteiger partial charge in [0, 0.05) is 17.3 Å². The van der Waals surface area contributed by atoms with E-state index in [9.17, 15) is 23.9 Å². The molecule has 2 aromatic heterocycles. The maximum absolute atomic E-state index is 14.0. The van der Waals surface area contributed by atoms with Gasteiger partial charge < -0.3 is 25.5 Å². The minimum atomic E-state index is -1.67. The van der Waals surface area contributed by atoms with E-state index in [0.29, 0.717) is 22.4 Å². The number of thiazole rings is 1. The third kappa shape index (κ3) is 6.83. The fraction of sp³-hybridized carbons (Fsp3) is 0.435. The molecule has 2 aliphatic heterocycles. The van der Waals surface area contributed by atoms with E-state index in [1.807, 2.05) is 18.5 Å². The molecule has 3 atom stereocenters. The summed E-state index contributed by atoms with van der Waals surface area (Å²) in [5.74, 6) is -2.29. The van der Waals surface area contributed by atoms with Crippen LogP contribution in [0.3, 0.4) is 0 Å². The number of rotatable bonds is 12. The van der Waals surface area contributed by atoms with Crippen LogP contribution >= 0.6 is 34.6 Å². The van der Waals surface area contributed by atoms with Gasteiger partial charge in [-0.15, -0.1) is 23.1 Å². The summed E-state index contributed by atoms with van der Waals surface area (Å²) in [6.45, 7) is 2.88. The van der Waals surface area contributed by atoms with Gasteiger partial charge in [0.2, 0.25) is 0 Å². The minimum absolute atomic E-state index is 0.0959. The number of quaternary nitrogens is 1. The summed E-state index contributed by atoms with van der Waals surface area (Å²) in [5.41, 5.74) is 8.66. The van der Waals surface area contributed by atoms with Crippen molar-refractivity contribution in [3.05, 3.63) is 45.3 Å². The molecule has 2 amide bonds. The van der Waals surface area contributed by atoms with E-state index in [1.165, 1.54) is 21.5 Å². The van der Waals surface area contributed by atoms with Crippen molar-refractivity contribution in [1.82, 2.24) is 24.6 Å². The Bertz CT molecular complexity index is 1370. The van der Waals surface area contributed by atoms with E-state index in [4.69, 9.17) is 10.6 Å².